The number of rotatable bonds is 5. The molecule has 2 nitrogen and oxygen atoms in total. The molecule has 0 N–H and O–H groups in total. The van der Waals surface area contributed by atoms with E-state index < -0.39 is 8.07 Å². The van der Waals surface area contributed by atoms with Crippen molar-refractivity contribution in [1.29, 1.82) is 0 Å². The molecule has 2 aromatic rings. The zero-order valence-corrected chi connectivity index (χ0v) is 21.6. The Hall–Kier alpha value is -2.13. The van der Waals surface area contributed by atoms with Gasteiger partial charge in [0, 0.05) is 0 Å². The van der Waals surface area contributed by atoms with Crippen molar-refractivity contribution in [2.45, 2.75) is 77.9 Å². The van der Waals surface area contributed by atoms with Crippen LogP contribution in [-0.2, 0) is 15.6 Å². The van der Waals surface area contributed by atoms with Crippen molar-refractivity contribution < 1.29 is 9.53 Å². The second kappa shape index (κ2) is 8.42. The largest absolute Gasteiger partial charge is 0.462 e. The first-order valence-electron chi connectivity index (χ1n) is 11.5. The van der Waals surface area contributed by atoms with Crippen LogP contribution in [0, 0.1) is 0 Å². The molecule has 3 rings (SSSR count). The number of fused-ring (bicyclic) bond motifs is 1. The summed E-state index contributed by atoms with van der Waals surface area (Å²) in [7, 11) is -1.62. The maximum Gasteiger partial charge on any atom is 0.338 e. The third-order valence-electron chi connectivity index (χ3n) is 6.70. The SMILES string of the molecule is CCOC(=O)c1ccc(/C=C(/c2ccc3c(c2)C(C)(C)CCC3(C)C)[Si](C)(C)C)cc1. The van der Waals surface area contributed by atoms with Gasteiger partial charge in [0.2, 0.25) is 0 Å². The van der Waals surface area contributed by atoms with Gasteiger partial charge < -0.3 is 4.74 Å². The van der Waals surface area contributed by atoms with Crippen molar-refractivity contribution >= 4 is 25.3 Å². The van der Waals surface area contributed by atoms with E-state index in [1.54, 1.807) is 0 Å². The van der Waals surface area contributed by atoms with Crippen LogP contribution in [0.4, 0.5) is 0 Å². The van der Waals surface area contributed by atoms with E-state index in [9.17, 15) is 4.79 Å². The van der Waals surface area contributed by atoms with E-state index in [0.29, 0.717) is 12.2 Å². The molecule has 31 heavy (non-hydrogen) atoms. The number of hydrogen-bond donors (Lipinski definition) is 0. The molecule has 166 valence electrons. The minimum Gasteiger partial charge on any atom is -0.462 e. The number of carbonyl (C=O) groups excluding carboxylic acids is 1. The molecule has 1 aliphatic rings. The predicted octanol–water partition coefficient (Wildman–Crippen LogP) is 7.63. The van der Waals surface area contributed by atoms with Gasteiger partial charge in [0.05, 0.1) is 20.2 Å². The normalized spacial score (nSPS) is 17.7. The van der Waals surface area contributed by atoms with Crippen LogP contribution in [0.3, 0.4) is 0 Å². The first-order valence-corrected chi connectivity index (χ1v) is 15.0. The number of ether oxygens (including phenoxy) is 1. The fourth-order valence-electron chi connectivity index (χ4n) is 4.59. The fourth-order valence-corrected chi connectivity index (χ4v) is 6.21. The van der Waals surface area contributed by atoms with E-state index in [-0.39, 0.29) is 16.8 Å². The maximum atomic E-state index is 12.0. The highest BCUT2D eigenvalue weighted by Gasteiger charge is 2.37. The van der Waals surface area contributed by atoms with E-state index in [1.807, 2.05) is 31.2 Å². The Kier molecular flexibility index (Phi) is 6.39. The lowest BCUT2D eigenvalue weighted by molar-refractivity contribution is 0.0526. The molecule has 2 aromatic carbocycles. The van der Waals surface area contributed by atoms with Crippen molar-refractivity contribution in [2.24, 2.45) is 0 Å². The number of carbonyl (C=O) groups is 1. The van der Waals surface area contributed by atoms with Crippen molar-refractivity contribution in [1.82, 2.24) is 0 Å². The zero-order valence-electron chi connectivity index (χ0n) is 20.6. The number of hydrogen-bond acceptors (Lipinski definition) is 2. The van der Waals surface area contributed by atoms with Gasteiger partial charge in [-0.2, -0.15) is 0 Å². The second-order valence-electron chi connectivity index (χ2n) is 11.2. The summed E-state index contributed by atoms with van der Waals surface area (Å²) in [6, 6.07) is 15.0. The Balaban J connectivity index is 2.06. The molecule has 0 bridgehead atoms. The predicted molar refractivity (Wildman–Crippen MR) is 135 cm³/mol. The summed E-state index contributed by atoms with van der Waals surface area (Å²) in [6.45, 7) is 19.0. The summed E-state index contributed by atoms with van der Waals surface area (Å²) in [5, 5.41) is 1.44. The van der Waals surface area contributed by atoms with Gasteiger partial charge in [-0.1, -0.05) is 88.9 Å². The van der Waals surface area contributed by atoms with Crippen LogP contribution in [-0.4, -0.2) is 20.7 Å². The molecule has 0 aliphatic heterocycles. The third kappa shape index (κ3) is 5.03. The quantitative estimate of drug-likeness (QED) is 0.275. The summed E-state index contributed by atoms with van der Waals surface area (Å²) in [5.74, 6) is -0.261. The topological polar surface area (TPSA) is 26.3 Å². The first-order chi connectivity index (χ1) is 14.3. The summed E-state index contributed by atoms with van der Waals surface area (Å²) in [6.07, 6.45) is 4.78. The van der Waals surface area contributed by atoms with Crippen LogP contribution in [0.15, 0.2) is 42.5 Å². The van der Waals surface area contributed by atoms with Gasteiger partial charge in [0.25, 0.3) is 0 Å². The Morgan fingerprint density at radius 2 is 1.45 bits per heavy atom. The molecule has 0 heterocycles. The molecule has 0 saturated heterocycles. The molecule has 1 aliphatic carbocycles. The number of esters is 1. The third-order valence-corrected chi connectivity index (χ3v) is 8.75. The Bertz CT molecular complexity index is 989. The molecule has 0 aromatic heterocycles. The Labute approximate surface area is 189 Å². The van der Waals surface area contributed by atoms with Crippen LogP contribution in [0.5, 0.6) is 0 Å². The molecular formula is C28H38O2Si. The minimum absolute atomic E-state index is 0.201. The maximum absolute atomic E-state index is 12.0. The van der Waals surface area contributed by atoms with E-state index >= 15 is 0 Å². The van der Waals surface area contributed by atoms with Crippen LogP contribution in [0.2, 0.25) is 19.6 Å². The van der Waals surface area contributed by atoms with E-state index in [1.165, 1.54) is 34.7 Å². The van der Waals surface area contributed by atoms with E-state index in [4.69, 9.17) is 4.74 Å². The molecule has 0 atom stereocenters. The standard InChI is InChI=1S/C28H38O2Si/c1-9-30-26(29)21-12-10-20(11-13-21)18-25(31(6,7)8)22-14-15-23-24(19-22)28(4,5)17-16-27(23,2)3/h10-15,18-19H,9,16-17H2,1-8H3/b25-18-. The Morgan fingerprint density at radius 1 is 0.903 bits per heavy atom. The molecule has 3 heteroatoms. The van der Waals surface area contributed by atoms with E-state index in [0.717, 1.165) is 5.56 Å². The molecule has 0 unspecified atom stereocenters. The lowest BCUT2D eigenvalue weighted by Crippen LogP contribution is -2.34. The Morgan fingerprint density at radius 3 is 2.00 bits per heavy atom. The smallest absolute Gasteiger partial charge is 0.338 e. The van der Waals surface area contributed by atoms with Gasteiger partial charge in [-0.3, -0.25) is 0 Å². The molecular weight excluding hydrogens is 396 g/mol. The molecule has 0 radical (unpaired) electrons. The highest BCUT2D eigenvalue weighted by molar-refractivity contribution is 6.94. The summed E-state index contributed by atoms with van der Waals surface area (Å²) in [4.78, 5) is 12.0. The van der Waals surface area contributed by atoms with Crippen LogP contribution in [0.1, 0.15) is 80.1 Å². The molecule has 0 spiro atoms. The summed E-state index contributed by atoms with van der Waals surface area (Å²) >= 11 is 0. The average molecular weight is 435 g/mol. The summed E-state index contributed by atoms with van der Waals surface area (Å²) in [5.41, 5.74) is 6.51. The zero-order chi connectivity index (χ0) is 23.0. The monoisotopic (exact) mass is 434 g/mol. The number of benzene rings is 2. The highest BCUT2D eigenvalue weighted by atomic mass is 28.3. The summed E-state index contributed by atoms with van der Waals surface area (Å²) < 4.78 is 5.11. The molecule has 0 amide bonds. The van der Waals surface area contributed by atoms with Gasteiger partial charge in [-0.05, 0) is 65.0 Å². The van der Waals surface area contributed by atoms with Crippen molar-refractivity contribution in [3.05, 3.63) is 70.3 Å². The molecule has 0 fully saturated rings. The van der Waals surface area contributed by atoms with Gasteiger partial charge in [-0.15, -0.1) is 0 Å². The second-order valence-corrected chi connectivity index (χ2v) is 16.2. The van der Waals surface area contributed by atoms with Crippen molar-refractivity contribution in [3.63, 3.8) is 0 Å². The van der Waals surface area contributed by atoms with Gasteiger partial charge in [0.15, 0.2) is 0 Å². The molecule has 0 saturated carbocycles. The lowest BCUT2D eigenvalue weighted by atomic mass is 9.63. The van der Waals surface area contributed by atoms with Gasteiger partial charge in [-0.25, -0.2) is 4.79 Å². The van der Waals surface area contributed by atoms with Gasteiger partial charge in [0.1, 0.15) is 0 Å². The van der Waals surface area contributed by atoms with Crippen LogP contribution < -0.4 is 0 Å². The average Bonchev–Trinajstić information content (AvgIpc) is 2.69. The van der Waals surface area contributed by atoms with Gasteiger partial charge >= 0.3 is 5.97 Å². The van der Waals surface area contributed by atoms with Crippen LogP contribution >= 0.6 is 0 Å². The minimum atomic E-state index is -1.62. The van der Waals surface area contributed by atoms with Crippen molar-refractivity contribution in [3.8, 4) is 0 Å². The van der Waals surface area contributed by atoms with E-state index in [2.05, 4.69) is 71.6 Å². The fraction of sp³-hybridized carbons (Fsp3) is 0.464. The van der Waals surface area contributed by atoms with Crippen molar-refractivity contribution in [2.75, 3.05) is 6.61 Å². The van der Waals surface area contributed by atoms with Crippen LogP contribution in [0.25, 0.3) is 11.3 Å². The first kappa shape index (κ1) is 23.5. The lowest BCUT2D eigenvalue weighted by Gasteiger charge is -2.42. The highest BCUT2D eigenvalue weighted by Crippen LogP contribution is 2.46.